The van der Waals surface area contributed by atoms with Crippen molar-refractivity contribution in [2.45, 2.75) is 56.1 Å². The van der Waals surface area contributed by atoms with Crippen LogP contribution in [-0.2, 0) is 10.0 Å². The maximum absolute atomic E-state index is 15.2. The molecule has 0 saturated heterocycles. The third-order valence-corrected chi connectivity index (χ3v) is 8.67. The van der Waals surface area contributed by atoms with E-state index in [4.69, 9.17) is 16.0 Å². The summed E-state index contributed by atoms with van der Waals surface area (Å²) in [6, 6.07) is 5.65. The third-order valence-electron chi connectivity index (χ3n) is 6.51. The highest BCUT2D eigenvalue weighted by molar-refractivity contribution is 7.89. The molecule has 0 amide bonds. The van der Waals surface area contributed by atoms with Gasteiger partial charge in [-0.25, -0.2) is 22.2 Å². The van der Waals surface area contributed by atoms with Gasteiger partial charge in [-0.1, -0.05) is 37.8 Å². The molecule has 4 atom stereocenters. The molecule has 2 aliphatic carbocycles. The monoisotopic (exact) mass is 496 g/mol. The predicted molar refractivity (Wildman–Crippen MR) is 123 cm³/mol. The molecule has 0 bridgehead atoms. The van der Waals surface area contributed by atoms with Crippen molar-refractivity contribution in [3.8, 4) is 0 Å². The summed E-state index contributed by atoms with van der Waals surface area (Å²) in [5.74, 6) is -1.55. The Bertz CT molecular complexity index is 1120. The minimum atomic E-state index is -3.96. The molecular formula is C24H27ClF2N2O3S. The lowest BCUT2D eigenvalue weighted by atomic mass is 9.92. The molecule has 0 spiro atoms. The van der Waals surface area contributed by atoms with Gasteiger partial charge in [-0.05, 0) is 55.2 Å². The zero-order valence-electron chi connectivity index (χ0n) is 18.3. The van der Waals surface area contributed by atoms with E-state index in [0.717, 1.165) is 37.8 Å². The Hall–Kier alpha value is -2.03. The number of alkyl halides is 1. The van der Waals surface area contributed by atoms with Gasteiger partial charge < -0.3 is 4.42 Å². The van der Waals surface area contributed by atoms with Crippen molar-refractivity contribution in [1.29, 1.82) is 0 Å². The van der Waals surface area contributed by atoms with Crippen LogP contribution in [0, 0.1) is 11.8 Å². The van der Waals surface area contributed by atoms with Crippen LogP contribution < -0.4 is 0 Å². The molecular weight excluding hydrogens is 470 g/mol. The van der Waals surface area contributed by atoms with Gasteiger partial charge in [0, 0.05) is 23.5 Å². The summed E-state index contributed by atoms with van der Waals surface area (Å²) < 4.78 is 64.0. The molecule has 4 unspecified atom stereocenters. The average molecular weight is 497 g/mol. The lowest BCUT2D eigenvalue weighted by Crippen LogP contribution is -2.47. The van der Waals surface area contributed by atoms with E-state index in [1.807, 2.05) is 6.92 Å². The minimum Gasteiger partial charge on any atom is -0.444 e. The summed E-state index contributed by atoms with van der Waals surface area (Å²) in [5.41, 5.74) is -0.0568. The van der Waals surface area contributed by atoms with Crippen molar-refractivity contribution in [3.05, 3.63) is 65.6 Å². The summed E-state index contributed by atoms with van der Waals surface area (Å²) in [4.78, 5) is 3.98. The largest absolute Gasteiger partial charge is 0.444 e. The molecule has 2 aromatic rings. The molecule has 9 heteroatoms. The van der Waals surface area contributed by atoms with Gasteiger partial charge in [0.2, 0.25) is 15.9 Å². The first-order valence-electron chi connectivity index (χ1n) is 11.2. The van der Waals surface area contributed by atoms with Crippen LogP contribution in [0.2, 0.25) is 5.02 Å². The molecule has 5 nitrogen and oxygen atoms in total. The fourth-order valence-corrected chi connectivity index (χ4v) is 6.59. The Kier molecular flexibility index (Phi) is 7.36. The third kappa shape index (κ3) is 5.23. The van der Waals surface area contributed by atoms with Crippen LogP contribution >= 0.6 is 11.6 Å². The van der Waals surface area contributed by atoms with Gasteiger partial charge in [0.25, 0.3) is 0 Å². The summed E-state index contributed by atoms with van der Waals surface area (Å²) in [6.07, 6.45) is 7.85. The second kappa shape index (κ2) is 10.1. The molecule has 1 heterocycles. The number of benzene rings is 1. The number of rotatable bonds is 6. The Labute approximate surface area is 198 Å². The first-order chi connectivity index (χ1) is 15.8. The van der Waals surface area contributed by atoms with Crippen molar-refractivity contribution in [2.24, 2.45) is 11.8 Å². The van der Waals surface area contributed by atoms with E-state index in [0.29, 0.717) is 11.4 Å². The maximum Gasteiger partial charge on any atom is 0.243 e. The van der Waals surface area contributed by atoms with Crippen LogP contribution in [0.4, 0.5) is 8.78 Å². The number of oxazole rings is 1. The summed E-state index contributed by atoms with van der Waals surface area (Å²) in [6.45, 7) is 1.87. The Morgan fingerprint density at radius 1 is 1.15 bits per heavy atom. The van der Waals surface area contributed by atoms with Gasteiger partial charge >= 0.3 is 0 Å². The minimum absolute atomic E-state index is 0.00659. The van der Waals surface area contributed by atoms with E-state index < -0.39 is 27.9 Å². The first-order valence-corrected chi connectivity index (χ1v) is 13.0. The van der Waals surface area contributed by atoms with Crippen molar-refractivity contribution in [2.75, 3.05) is 6.54 Å². The van der Waals surface area contributed by atoms with Gasteiger partial charge in [0.15, 0.2) is 0 Å². The molecule has 2 aliphatic rings. The second-order valence-electron chi connectivity index (χ2n) is 8.75. The van der Waals surface area contributed by atoms with Crippen LogP contribution in [0.3, 0.4) is 0 Å². The van der Waals surface area contributed by atoms with Gasteiger partial charge in [0.05, 0.1) is 16.7 Å². The Morgan fingerprint density at radius 2 is 1.88 bits per heavy atom. The Balaban J connectivity index is 1.67. The quantitative estimate of drug-likeness (QED) is 0.447. The van der Waals surface area contributed by atoms with Crippen molar-refractivity contribution in [1.82, 2.24) is 9.29 Å². The fraction of sp³-hybridized carbons (Fsp3) is 0.458. The number of hydrogen-bond acceptors (Lipinski definition) is 4. The van der Waals surface area contributed by atoms with Crippen LogP contribution in [0.1, 0.15) is 44.9 Å². The van der Waals surface area contributed by atoms with E-state index in [-0.39, 0.29) is 34.9 Å². The highest BCUT2D eigenvalue weighted by Crippen LogP contribution is 2.36. The molecule has 1 saturated carbocycles. The highest BCUT2D eigenvalue weighted by Gasteiger charge is 2.39. The van der Waals surface area contributed by atoms with E-state index >= 15 is 4.39 Å². The van der Waals surface area contributed by atoms with Gasteiger partial charge in [-0.15, -0.1) is 0 Å². The molecule has 1 fully saturated rings. The van der Waals surface area contributed by atoms with Gasteiger partial charge in [0.1, 0.15) is 18.3 Å². The van der Waals surface area contributed by atoms with Crippen molar-refractivity contribution >= 4 is 27.2 Å². The van der Waals surface area contributed by atoms with Crippen LogP contribution in [0.5, 0.6) is 0 Å². The van der Waals surface area contributed by atoms with E-state index in [1.165, 1.54) is 41.0 Å². The number of halogens is 3. The first kappa shape index (κ1) is 24.1. The predicted octanol–water partition coefficient (Wildman–Crippen LogP) is 6.19. The van der Waals surface area contributed by atoms with Gasteiger partial charge in [-0.3, -0.25) is 0 Å². The van der Waals surface area contributed by atoms with Crippen LogP contribution in [-0.4, -0.2) is 36.5 Å². The zero-order chi connectivity index (χ0) is 23.6. The number of aromatic nitrogens is 1. The highest BCUT2D eigenvalue weighted by atomic mass is 35.5. The summed E-state index contributed by atoms with van der Waals surface area (Å²) in [7, 11) is -3.96. The van der Waals surface area contributed by atoms with Crippen molar-refractivity contribution < 1.29 is 21.6 Å². The number of hydrogen-bond donors (Lipinski definition) is 0. The number of sulfonamides is 1. The maximum atomic E-state index is 15.2. The molecule has 0 N–H and O–H groups in total. The number of allylic oxidation sites excluding steroid dienone is 3. The van der Waals surface area contributed by atoms with Crippen LogP contribution in [0.15, 0.2) is 64.0 Å². The molecule has 0 radical (unpaired) electrons. The zero-order valence-corrected chi connectivity index (χ0v) is 19.9. The summed E-state index contributed by atoms with van der Waals surface area (Å²) >= 11 is 5.95. The molecule has 1 aromatic heterocycles. The fourth-order valence-electron chi connectivity index (χ4n) is 4.68. The SMILES string of the molecule is CC1CCCCCC1N(CC1C=C(F)C(c2ncco2)=CC1F)S(=O)(=O)c1ccc(Cl)cc1. The van der Waals surface area contributed by atoms with Gasteiger partial charge in [-0.2, -0.15) is 4.31 Å². The molecule has 1 aromatic carbocycles. The molecule has 4 rings (SSSR count). The Morgan fingerprint density at radius 3 is 2.58 bits per heavy atom. The standard InChI is InChI=1S/C24H27ClF2N2O3S/c1-16-5-3-2-4-6-23(16)29(33(30,31)19-9-7-18(25)8-10-19)15-17-13-22(27)20(14-21(17)26)24-28-11-12-32-24/h7-14,16-17,21,23H,2-6,15H2,1H3. The lowest BCUT2D eigenvalue weighted by Gasteiger charge is -2.36. The van der Waals surface area contributed by atoms with E-state index in [2.05, 4.69) is 4.98 Å². The van der Waals surface area contributed by atoms with E-state index in [9.17, 15) is 12.8 Å². The van der Waals surface area contributed by atoms with Crippen LogP contribution in [0.25, 0.3) is 5.57 Å². The molecule has 33 heavy (non-hydrogen) atoms. The lowest BCUT2D eigenvalue weighted by molar-refractivity contribution is 0.192. The second-order valence-corrected chi connectivity index (χ2v) is 11.1. The summed E-state index contributed by atoms with van der Waals surface area (Å²) in [5, 5.41) is 0.425. The molecule has 0 aliphatic heterocycles. The van der Waals surface area contributed by atoms with E-state index in [1.54, 1.807) is 0 Å². The smallest absolute Gasteiger partial charge is 0.243 e. The number of nitrogens with zero attached hydrogens (tertiary/aromatic N) is 2. The molecule has 178 valence electrons. The topological polar surface area (TPSA) is 63.4 Å². The normalized spacial score (nSPS) is 26.6. The average Bonchev–Trinajstić information content (AvgIpc) is 3.23. The van der Waals surface area contributed by atoms with Crippen molar-refractivity contribution in [3.63, 3.8) is 0 Å².